The molecule has 0 aliphatic carbocycles. The molecular formula is C7H10N2O2. The molecule has 2 atom stereocenters. The third kappa shape index (κ3) is 1.27. The zero-order valence-corrected chi connectivity index (χ0v) is 6.03. The van der Waals surface area contributed by atoms with E-state index in [4.69, 9.17) is 4.42 Å². The van der Waals surface area contributed by atoms with Crippen molar-refractivity contribution >= 4 is 0 Å². The van der Waals surface area contributed by atoms with Gasteiger partial charge in [-0.1, -0.05) is 0 Å². The second-order valence-electron chi connectivity index (χ2n) is 2.76. The number of hydrogen-bond acceptors (Lipinski definition) is 4. The minimum atomic E-state index is -0.239. The maximum absolute atomic E-state index is 9.18. The Bertz CT molecular complexity index is 222. The third-order valence-corrected chi connectivity index (χ3v) is 1.92. The van der Waals surface area contributed by atoms with Crippen LogP contribution in [0.2, 0.25) is 0 Å². The summed E-state index contributed by atoms with van der Waals surface area (Å²) >= 11 is 0. The van der Waals surface area contributed by atoms with E-state index in [1.165, 1.54) is 6.39 Å². The molecule has 2 heterocycles. The first kappa shape index (κ1) is 6.82. The predicted octanol–water partition coefficient (Wildman–Crippen LogP) is 0.0699. The van der Waals surface area contributed by atoms with Gasteiger partial charge in [0, 0.05) is 6.54 Å². The highest BCUT2D eigenvalue weighted by molar-refractivity contribution is 5.03. The molecule has 1 aliphatic rings. The molecule has 1 fully saturated rings. The van der Waals surface area contributed by atoms with Crippen LogP contribution in [0.5, 0.6) is 0 Å². The average molecular weight is 154 g/mol. The van der Waals surface area contributed by atoms with Gasteiger partial charge in [-0.25, -0.2) is 4.98 Å². The molecule has 1 aromatic rings. The highest BCUT2D eigenvalue weighted by Gasteiger charge is 2.24. The molecule has 1 saturated heterocycles. The lowest BCUT2D eigenvalue weighted by Gasteiger charge is -2.03. The summed E-state index contributed by atoms with van der Waals surface area (Å²) in [6.07, 6.45) is 3.50. The normalized spacial score (nSPS) is 31.0. The van der Waals surface area contributed by atoms with Crippen LogP contribution in [0, 0.1) is 0 Å². The van der Waals surface area contributed by atoms with E-state index in [0.29, 0.717) is 6.54 Å². The summed E-state index contributed by atoms with van der Waals surface area (Å²) in [4.78, 5) is 3.99. The van der Waals surface area contributed by atoms with E-state index < -0.39 is 0 Å². The monoisotopic (exact) mass is 154 g/mol. The van der Waals surface area contributed by atoms with Crippen LogP contribution < -0.4 is 5.32 Å². The largest absolute Gasteiger partial charge is 0.451 e. The molecular weight excluding hydrogens is 144 g/mol. The predicted molar refractivity (Wildman–Crippen MR) is 37.9 cm³/mol. The zero-order valence-electron chi connectivity index (χ0n) is 6.03. The van der Waals surface area contributed by atoms with Gasteiger partial charge in [0.15, 0.2) is 6.39 Å². The summed E-state index contributed by atoms with van der Waals surface area (Å²) in [5, 5.41) is 12.3. The fourth-order valence-corrected chi connectivity index (χ4v) is 1.34. The Morgan fingerprint density at radius 1 is 1.73 bits per heavy atom. The van der Waals surface area contributed by atoms with Gasteiger partial charge >= 0.3 is 0 Å². The van der Waals surface area contributed by atoms with Crippen molar-refractivity contribution < 1.29 is 9.52 Å². The first-order valence-corrected chi connectivity index (χ1v) is 3.66. The van der Waals surface area contributed by atoms with E-state index in [1.807, 2.05) is 0 Å². The molecule has 4 heteroatoms. The number of nitrogens with zero attached hydrogens (tertiary/aromatic N) is 1. The van der Waals surface area contributed by atoms with Gasteiger partial charge in [-0.3, -0.25) is 0 Å². The van der Waals surface area contributed by atoms with Gasteiger partial charge in [-0.2, -0.15) is 0 Å². The van der Waals surface area contributed by atoms with Gasteiger partial charge in [0.05, 0.1) is 17.8 Å². The van der Waals surface area contributed by atoms with E-state index in [1.54, 1.807) is 6.26 Å². The molecule has 0 saturated carbocycles. The number of nitrogens with one attached hydrogen (secondary N) is 1. The van der Waals surface area contributed by atoms with Crippen LogP contribution in [-0.4, -0.2) is 22.7 Å². The maximum atomic E-state index is 9.18. The van der Waals surface area contributed by atoms with Crippen molar-refractivity contribution in [1.29, 1.82) is 0 Å². The molecule has 4 nitrogen and oxygen atoms in total. The Balaban J connectivity index is 2.08. The average Bonchev–Trinajstić information content (AvgIpc) is 2.55. The first-order chi connectivity index (χ1) is 5.36. The Morgan fingerprint density at radius 3 is 3.18 bits per heavy atom. The Morgan fingerprint density at radius 2 is 2.64 bits per heavy atom. The zero-order chi connectivity index (χ0) is 7.68. The fraction of sp³-hybridized carbons (Fsp3) is 0.571. The number of hydrogen-bond donors (Lipinski definition) is 2. The van der Waals surface area contributed by atoms with Crippen molar-refractivity contribution in [3.8, 4) is 0 Å². The highest BCUT2D eigenvalue weighted by atomic mass is 16.3. The minimum Gasteiger partial charge on any atom is -0.451 e. The molecule has 0 aromatic carbocycles. The molecule has 2 unspecified atom stereocenters. The van der Waals surface area contributed by atoms with Crippen molar-refractivity contribution in [3.63, 3.8) is 0 Å². The van der Waals surface area contributed by atoms with Gasteiger partial charge in [-0.05, 0) is 6.42 Å². The Hall–Kier alpha value is -0.870. The lowest BCUT2D eigenvalue weighted by atomic mass is 10.1. The van der Waals surface area contributed by atoms with Crippen molar-refractivity contribution in [2.75, 3.05) is 6.54 Å². The van der Waals surface area contributed by atoms with E-state index in [-0.39, 0.29) is 12.1 Å². The second kappa shape index (κ2) is 2.64. The van der Waals surface area contributed by atoms with E-state index in [2.05, 4.69) is 10.3 Å². The number of aromatic nitrogens is 1. The summed E-state index contributed by atoms with van der Waals surface area (Å²) in [7, 11) is 0. The smallest absolute Gasteiger partial charge is 0.180 e. The lowest BCUT2D eigenvalue weighted by Crippen LogP contribution is -2.14. The van der Waals surface area contributed by atoms with Crippen LogP contribution in [0.25, 0.3) is 0 Å². The van der Waals surface area contributed by atoms with Crippen molar-refractivity contribution in [2.45, 2.75) is 18.6 Å². The standard InChI is InChI=1S/C7H10N2O2/c10-5-1-6(8-2-5)7-3-11-4-9-7/h3-6,8,10H,1-2H2. The molecule has 60 valence electrons. The topological polar surface area (TPSA) is 58.3 Å². The van der Waals surface area contributed by atoms with E-state index >= 15 is 0 Å². The quantitative estimate of drug-likeness (QED) is 0.601. The minimum absolute atomic E-state index is 0.170. The van der Waals surface area contributed by atoms with Gasteiger partial charge in [0.25, 0.3) is 0 Å². The molecule has 1 aromatic heterocycles. The number of β-amino-alcohol motifs (C(OH)–C–C–N with tert-alkyl or cyclic N) is 1. The van der Waals surface area contributed by atoms with Crippen LogP contribution in [0.15, 0.2) is 17.1 Å². The summed E-state index contributed by atoms with van der Waals surface area (Å²) in [5.41, 5.74) is 0.876. The summed E-state index contributed by atoms with van der Waals surface area (Å²) in [5.74, 6) is 0. The number of rotatable bonds is 1. The number of aliphatic hydroxyl groups excluding tert-OH is 1. The van der Waals surface area contributed by atoms with Gasteiger partial charge in [0.1, 0.15) is 6.26 Å². The first-order valence-electron chi connectivity index (χ1n) is 3.66. The number of oxazole rings is 1. The molecule has 1 aliphatic heterocycles. The fourth-order valence-electron chi connectivity index (χ4n) is 1.34. The Labute approximate surface area is 64.2 Å². The molecule has 0 amide bonds. The molecule has 0 spiro atoms. The maximum Gasteiger partial charge on any atom is 0.180 e. The van der Waals surface area contributed by atoms with E-state index in [0.717, 1.165) is 12.1 Å². The third-order valence-electron chi connectivity index (χ3n) is 1.92. The SMILES string of the molecule is OC1CNC(c2cocn2)C1. The van der Waals surface area contributed by atoms with Crippen molar-refractivity contribution in [1.82, 2.24) is 10.3 Å². The van der Waals surface area contributed by atoms with Crippen LogP contribution in [0.4, 0.5) is 0 Å². The van der Waals surface area contributed by atoms with Gasteiger partial charge in [0.2, 0.25) is 0 Å². The lowest BCUT2D eigenvalue weighted by molar-refractivity contribution is 0.193. The van der Waals surface area contributed by atoms with Gasteiger partial charge in [-0.15, -0.1) is 0 Å². The van der Waals surface area contributed by atoms with Gasteiger partial charge < -0.3 is 14.8 Å². The highest BCUT2D eigenvalue weighted by Crippen LogP contribution is 2.21. The van der Waals surface area contributed by atoms with Crippen LogP contribution in [-0.2, 0) is 0 Å². The molecule has 0 bridgehead atoms. The molecule has 11 heavy (non-hydrogen) atoms. The van der Waals surface area contributed by atoms with Crippen molar-refractivity contribution in [3.05, 3.63) is 18.4 Å². The molecule has 2 N–H and O–H groups in total. The van der Waals surface area contributed by atoms with Crippen LogP contribution in [0.1, 0.15) is 18.2 Å². The summed E-state index contributed by atoms with van der Waals surface area (Å²) in [6, 6.07) is 0.170. The molecule has 0 radical (unpaired) electrons. The summed E-state index contributed by atoms with van der Waals surface area (Å²) in [6.45, 7) is 0.650. The van der Waals surface area contributed by atoms with Crippen molar-refractivity contribution in [2.24, 2.45) is 0 Å². The Kier molecular flexibility index (Phi) is 1.63. The van der Waals surface area contributed by atoms with E-state index in [9.17, 15) is 5.11 Å². The van der Waals surface area contributed by atoms with Crippen LogP contribution >= 0.6 is 0 Å². The second-order valence-corrected chi connectivity index (χ2v) is 2.76. The number of aliphatic hydroxyl groups is 1. The van der Waals surface area contributed by atoms with Crippen LogP contribution in [0.3, 0.4) is 0 Å². The molecule has 2 rings (SSSR count). The summed E-state index contributed by atoms with van der Waals surface area (Å²) < 4.78 is 4.83.